The van der Waals surface area contributed by atoms with Gasteiger partial charge in [-0.3, -0.25) is 0 Å². The first-order chi connectivity index (χ1) is 6.77. The Hall–Kier alpha value is -0.560. The largest absolute Gasteiger partial charge is 0.145 e. The van der Waals surface area contributed by atoms with Crippen LogP contribution in [0, 0.1) is 6.92 Å². The molecular formula is C13H20S. The molecule has 0 N–H and O–H groups in total. The minimum absolute atomic E-state index is 0.733. The van der Waals surface area contributed by atoms with Crippen LogP contribution < -0.4 is 0 Å². The van der Waals surface area contributed by atoms with Gasteiger partial charge in [0.1, 0.15) is 0 Å². The van der Waals surface area contributed by atoms with Gasteiger partial charge in [-0.15, -0.1) is 11.3 Å². The smallest absolute Gasteiger partial charge is 0.00820 e. The Kier molecular flexibility index (Phi) is 4.95. The van der Waals surface area contributed by atoms with Crippen LogP contribution in [-0.2, 0) is 0 Å². The van der Waals surface area contributed by atoms with Crippen molar-refractivity contribution in [1.82, 2.24) is 0 Å². The lowest BCUT2D eigenvalue weighted by Crippen LogP contribution is -1.91. The van der Waals surface area contributed by atoms with Crippen LogP contribution in [0.2, 0.25) is 0 Å². The molecule has 1 atom stereocenters. The van der Waals surface area contributed by atoms with E-state index in [9.17, 15) is 0 Å². The lowest BCUT2D eigenvalue weighted by molar-refractivity contribution is 0.686. The van der Waals surface area contributed by atoms with E-state index in [1.165, 1.54) is 17.7 Å². The number of hydrogen-bond acceptors (Lipinski definition) is 1. The Morgan fingerprint density at radius 2 is 2.07 bits per heavy atom. The van der Waals surface area contributed by atoms with Crippen molar-refractivity contribution < 1.29 is 0 Å². The number of aryl methyl sites for hydroxylation is 1. The van der Waals surface area contributed by atoms with Gasteiger partial charge >= 0.3 is 0 Å². The van der Waals surface area contributed by atoms with E-state index in [2.05, 4.69) is 45.1 Å². The van der Waals surface area contributed by atoms with Gasteiger partial charge in [-0.05, 0) is 44.2 Å². The second-order valence-electron chi connectivity index (χ2n) is 3.67. The molecule has 1 rings (SSSR count). The molecule has 0 saturated carbocycles. The van der Waals surface area contributed by atoms with E-state index in [1.807, 2.05) is 11.3 Å². The molecule has 1 unspecified atom stereocenters. The maximum Gasteiger partial charge on any atom is 0.00820 e. The molecule has 1 aromatic heterocycles. The average Bonchev–Trinajstić information content (AvgIpc) is 2.60. The van der Waals surface area contributed by atoms with E-state index in [-0.39, 0.29) is 0 Å². The second-order valence-corrected chi connectivity index (χ2v) is 4.99. The summed E-state index contributed by atoms with van der Waals surface area (Å²) in [5, 5.41) is 0. The standard InChI is InChI=1S/C13H20S/c1-4-6-7-8-12(5-2)13-10-9-11(3)14-13/h6-7,9-10,12H,4-5,8H2,1-3H3/b7-6-. The molecule has 1 aromatic rings. The van der Waals surface area contributed by atoms with Crippen LogP contribution in [0.1, 0.15) is 48.8 Å². The van der Waals surface area contributed by atoms with Crippen LogP contribution in [0.3, 0.4) is 0 Å². The molecule has 0 spiro atoms. The predicted molar refractivity (Wildman–Crippen MR) is 66.1 cm³/mol. The van der Waals surface area contributed by atoms with Crippen molar-refractivity contribution in [2.75, 3.05) is 0 Å². The molecule has 0 saturated heterocycles. The lowest BCUT2D eigenvalue weighted by Gasteiger charge is -2.09. The first-order valence-electron chi connectivity index (χ1n) is 5.49. The third-order valence-corrected chi connectivity index (χ3v) is 3.64. The molecule has 14 heavy (non-hydrogen) atoms. The van der Waals surface area contributed by atoms with Crippen molar-refractivity contribution >= 4 is 11.3 Å². The van der Waals surface area contributed by atoms with Gasteiger partial charge in [-0.1, -0.05) is 26.0 Å². The lowest BCUT2D eigenvalue weighted by atomic mass is 10.0. The van der Waals surface area contributed by atoms with Crippen LogP contribution in [-0.4, -0.2) is 0 Å². The monoisotopic (exact) mass is 208 g/mol. The normalized spacial score (nSPS) is 13.6. The van der Waals surface area contributed by atoms with Crippen molar-refractivity contribution in [2.45, 2.75) is 46.0 Å². The van der Waals surface area contributed by atoms with Gasteiger partial charge in [0.25, 0.3) is 0 Å². The summed E-state index contributed by atoms with van der Waals surface area (Å²) in [6.45, 7) is 6.65. The molecule has 0 radical (unpaired) electrons. The Bertz CT molecular complexity index is 283. The average molecular weight is 208 g/mol. The van der Waals surface area contributed by atoms with Crippen LogP contribution in [0.15, 0.2) is 24.3 Å². The van der Waals surface area contributed by atoms with E-state index in [1.54, 1.807) is 4.88 Å². The maximum absolute atomic E-state index is 2.32. The summed E-state index contributed by atoms with van der Waals surface area (Å²) in [7, 11) is 0. The number of rotatable bonds is 5. The van der Waals surface area contributed by atoms with Crippen LogP contribution in [0.4, 0.5) is 0 Å². The van der Waals surface area contributed by atoms with Crippen LogP contribution in [0.5, 0.6) is 0 Å². The number of allylic oxidation sites excluding steroid dienone is 2. The number of hydrogen-bond donors (Lipinski definition) is 0. The molecule has 0 aliphatic carbocycles. The van der Waals surface area contributed by atoms with E-state index in [0.717, 1.165) is 12.3 Å². The van der Waals surface area contributed by atoms with Gasteiger partial charge in [0.15, 0.2) is 0 Å². The summed E-state index contributed by atoms with van der Waals surface area (Å²) in [5.41, 5.74) is 0. The van der Waals surface area contributed by atoms with E-state index < -0.39 is 0 Å². The SMILES string of the molecule is CC/C=C\CC(CC)c1ccc(C)s1. The van der Waals surface area contributed by atoms with Gasteiger partial charge < -0.3 is 0 Å². The summed E-state index contributed by atoms with van der Waals surface area (Å²) in [6, 6.07) is 4.51. The zero-order valence-electron chi connectivity index (χ0n) is 9.42. The fraction of sp³-hybridized carbons (Fsp3) is 0.538. The molecule has 0 bridgehead atoms. The highest BCUT2D eigenvalue weighted by Crippen LogP contribution is 2.29. The van der Waals surface area contributed by atoms with Gasteiger partial charge in [-0.25, -0.2) is 0 Å². The Balaban J connectivity index is 2.58. The topological polar surface area (TPSA) is 0 Å². The predicted octanol–water partition coefficient (Wildman–Crippen LogP) is 4.91. The van der Waals surface area contributed by atoms with Gasteiger partial charge in [0.05, 0.1) is 0 Å². The van der Waals surface area contributed by atoms with E-state index in [0.29, 0.717) is 0 Å². The molecule has 0 aliphatic heterocycles. The summed E-state index contributed by atoms with van der Waals surface area (Å²) < 4.78 is 0. The van der Waals surface area contributed by atoms with Gasteiger partial charge in [0.2, 0.25) is 0 Å². The van der Waals surface area contributed by atoms with Crippen LogP contribution >= 0.6 is 11.3 Å². The highest BCUT2D eigenvalue weighted by molar-refractivity contribution is 7.12. The molecule has 0 amide bonds. The molecule has 1 heterocycles. The molecule has 0 aromatic carbocycles. The summed E-state index contributed by atoms with van der Waals surface area (Å²) in [6.07, 6.45) is 8.19. The zero-order chi connectivity index (χ0) is 10.4. The highest BCUT2D eigenvalue weighted by atomic mass is 32.1. The number of thiophene rings is 1. The van der Waals surface area contributed by atoms with E-state index in [4.69, 9.17) is 0 Å². The quantitative estimate of drug-likeness (QED) is 0.603. The van der Waals surface area contributed by atoms with Crippen molar-refractivity contribution in [3.05, 3.63) is 34.0 Å². The first kappa shape index (κ1) is 11.5. The van der Waals surface area contributed by atoms with Gasteiger partial charge in [-0.2, -0.15) is 0 Å². The fourth-order valence-corrected chi connectivity index (χ4v) is 2.66. The Morgan fingerprint density at radius 3 is 2.57 bits per heavy atom. The van der Waals surface area contributed by atoms with Crippen molar-refractivity contribution in [2.24, 2.45) is 0 Å². The molecule has 1 heteroatoms. The van der Waals surface area contributed by atoms with E-state index >= 15 is 0 Å². The minimum atomic E-state index is 0.733. The third-order valence-electron chi connectivity index (χ3n) is 2.48. The Morgan fingerprint density at radius 1 is 1.29 bits per heavy atom. The summed E-state index contributed by atoms with van der Waals surface area (Å²) >= 11 is 1.94. The fourth-order valence-electron chi connectivity index (χ4n) is 1.58. The summed E-state index contributed by atoms with van der Waals surface area (Å²) in [4.78, 5) is 2.98. The molecule has 0 aliphatic rings. The Labute approximate surface area is 91.7 Å². The third kappa shape index (κ3) is 3.30. The van der Waals surface area contributed by atoms with Gasteiger partial charge in [0, 0.05) is 9.75 Å². The first-order valence-corrected chi connectivity index (χ1v) is 6.30. The molecular weight excluding hydrogens is 188 g/mol. The van der Waals surface area contributed by atoms with Crippen molar-refractivity contribution in [1.29, 1.82) is 0 Å². The second kappa shape index (κ2) is 6.02. The maximum atomic E-state index is 2.32. The minimum Gasteiger partial charge on any atom is -0.145 e. The van der Waals surface area contributed by atoms with Crippen LogP contribution in [0.25, 0.3) is 0 Å². The highest BCUT2D eigenvalue weighted by Gasteiger charge is 2.08. The molecule has 0 nitrogen and oxygen atoms in total. The van der Waals surface area contributed by atoms with Crippen molar-refractivity contribution in [3.63, 3.8) is 0 Å². The zero-order valence-corrected chi connectivity index (χ0v) is 10.2. The summed E-state index contributed by atoms with van der Waals surface area (Å²) in [5.74, 6) is 0.733. The van der Waals surface area contributed by atoms with Crippen molar-refractivity contribution in [3.8, 4) is 0 Å². The molecule has 78 valence electrons. The molecule has 0 fully saturated rings.